The van der Waals surface area contributed by atoms with Gasteiger partial charge in [-0.15, -0.1) is 0 Å². The summed E-state index contributed by atoms with van der Waals surface area (Å²) in [6.45, 7) is 7.08. The Bertz CT molecular complexity index is 1610. The highest BCUT2D eigenvalue weighted by Crippen LogP contribution is 2.39. The van der Waals surface area contributed by atoms with E-state index >= 15 is 0 Å². The van der Waals surface area contributed by atoms with Gasteiger partial charge in [0.05, 0.1) is 24.8 Å². The van der Waals surface area contributed by atoms with Crippen LogP contribution in [0.4, 0.5) is 0 Å². The molecule has 1 aromatic heterocycles. The maximum Gasteiger partial charge on any atom is 0.340 e. The highest BCUT2D eigenvalue weighted by Gasteiger charge is 2.53. The summed E-state index contributed by atoms with van der Waals surface area (Å²) in [5.41, 5.74) is 0.581. The molecule has 0 amide bonds. The fourth-order valence-corrected chi connectivity index (χ4v) is 5.52. The predicted octanol–water partition coefficient (Wildman–Crippen LogP) is 3.51. The van der Waals surface area contributed by atoms with Gasteiger partial charge in [-0.05, 0) is 31.5 Å². The number of aromatic nitrogens is 1. The highest BCUT2D eigenvalue weighted by atomic mass is 32.1. The average molecular weight is 659 g/mol. The van der Waals surface area contributed by atoms with Crippen LogP contribution in [0.5, 0.6) is 5.75 Å². The van der Waals surface area contributed by atoms with Crippen molar-refractivity contribution in [1.82, 2.24) is 4.57 Å². The Kier molecular flexibility index (Phi) is 12.0. The summed E-state index contributed by atoms with van der Waals surface area (Å²) in [6.07, 6.45) is -7.28. The molecule has 2 aromatic rings. The molecule has 1 fully saturated rings. The van der Waals surface area contributed by atoms with E-state index in [2.05, 4.69) is 6.07 Å². The molecule has 0 unspecified atom stereocenters. The Balaban J connectivity index is 2.42. The molecule has 2 heterocycles. The zero-order valence-corrected chi connectivity index (χ0v) is 27.1. The first-order chi connectivity index (χ1) is 21.7. The number of hydrogen-bond donors (Lipinski definition) is 0. The molecule has 0 aliphatic carbocycles. The molecule has 0 spiro atoms. The second-order valence-electron chi connectivity index (χ2n) is 10.0. The minimum Gasteiger partial charge on any atom is -0.497 e. The number of carbonyl (C=O) groups excluding carboxylic acids is 5. The van der Waals surface area contributed by atoms with E-state index < -0.39 is 67.1 Å². The Morgan fingerprint density at radius 2 is 1.46 bits per heavy atom. The molecule has 15 heteroatoms. The fourth-order valence-electron chi connectivity index (χ4n) is 5.13. The summed E-state index contributed by atoms with van der Waals surface area (Å²) in [6, 6.07) is 8.64. The van der Waals surface area contributed by atoms with Crippen molar-refractivity contribution in [3.63, 3.8) is 0 Å². The number of esters is 5. The van der Waals surface area contributed by atoms with Gasteiger partial charge >= 0.3 is 29.8 Å². The SMILES string of the molecule is CCOC(=O)c1c(-c2ccc(OC)cc2)c(C#N)c(=S)n([C@@H]2O[C@@H](COC(C)=O)[C@@H](OC(C)=O)[C@@H](OC(C)=O)[C@H]2OC(C)=O)c1C. The van der Waals surface area contributed by atoms with E-state index in [0.717, 1.165) is 27.7 Å². The fraction of sp³-hybridized carbons (Fsp3) is 0.452. The van der Waals surface area contributed by atoms with Crippen LogP contribution in [-0.4, -0.2) is 79.2 Å². The van der Waals surface area contributed by atoms with Crippen LogP contribution in [0.25, 0.3) is 11.1 Å². The summed E-state index contributed by atoms with van der Waals surface area (Å²) in [5.74, 6) is -3.42. The van der Waals surface area contributed by atoms with E-state index in [1.165, 1.54) is 18.6 Å². The summed E-state index contributed by atoms with van der Waals surface area (Å²) >= 11 is 5.81. The number of methoxy groups -OCH3 is 1. The van der Waals surface area contributed by atoms with Crippen LogP contribution in [0.1, 0.15) is 62.5 Å². The molecule has 0 bridgehead atoms. The molecule has 46 heavy (non-hydrogen) atoms. The van der Waals surface area contributed by atoms with Crippen molar-refractivity contribution in [2.45, 2.75) is 72.2 Å². The normalized spacial score (nSPS) is 20.4. The number of carbonyl (C=O) groups is 5. The largest absolute Gasteiger partial charge is 0.497 e. The monoisotopic (exact) mass is 658 g/mol. The quantitative estimate of drug-likeness (QED) is 0.206. The molecule has 14 nitrogen and oxygen atoms in total. The molecule has 1 aliphatic rings. The highest BCUT2D eigenvalue weighted by molar-refractivity contribution is 7.71. The lowest BCUT2D eigenvalue weighted by Gasteiger charge is -2.45. The van der Waals surface area contributed by atoms with Crippen molar-refractivity contribution < 1.29 is 57.1 Å². The van der Waals surface area contributed by atoms with Crippen molar-refractivity contribution in [2.24, 2.45) is 0 Å². The van der Waals surface area contributed by atoms with Crippen LogP contribution in [0.2, 0.25) is 0 Å². The third kappa shape index (κ3) is 7.88. The van der Waals surface area contributed by atoms with E-state index in [-0.39, 0.29) is 33.6 Å². The summed E-state index contributed by atoms with van der Waals surface area (Å²) in [4.78, 5) is 62.2. The minimum atomic E-state index is -1.54. The van der Waals surface area contributed by atoms with E-state index in [1.807, 2.05) is 0 Å². The second kappa shape index (κ2) is 15.5. The molecule has 0 saturated carbocycles. The molecule has 1 aromatic carbocycles. The first-order valence-corrected chi connectivity index (χ1v) is 14.5. The van der Waals surface area contributed by atoms with Crippen LogP contribution in [0, 0.1) is 22.9 Å². The van der Waals surface area contributed by atoms with E-state index in [9.17, 15) is 29.2 Å². The molecular formula is C31H34N2O12S. The van der Waals surface area contributed by atoms with Crippen LogP contribution < -0.4 is 4.74 Å². The number of nitrogens with zero attached hydrogens (tertiary/aromatic N) is 2. The van der Waals surface area contributed by atoms with Crippen molar-refractivity contribution in [2.75, 3.05) is 20.3 Å². The number of ether oxygens (including phenoxy) is 7. The van der Waals surface area contributed by atoms with Gasteiger partial charge in [-0.2, -0.15) is 5.26 Å². The number of benzene rings is 1. The Morgan fingerprint density at radius 3 is 1.96 bits per heavy atom. The van der Waals surface area contributed by atoms with E-state index in [1.54, 1.807) is 31.2 Å². The van der Waals surface area contributed by atoms with E-state index in [4.69, 9.17) is 45.4 Å². The van der Waals surface area contributed by atoms with Gasteiger partial charge in [0.25, 0.3) is 0 Å². The Hall–Kier alpha value is -4.81. The van der Waals surface area contributed by atoms with Gasteiger partial charge in [-0.1, -0.05) is 24.4 Å². The van der Waals surface area contributed by atoms with Crippen LogP contribution in [0.3, 0.4) is 0 Å². The number of pyridine rings is 1. The topological polar surface area (TPSA) is 179 Å². The molecular weight excluding hydrogens is 624 g/mol. The molecule has 0 N–H and O–H groups in total. The average Bonchev–Trinajstić information content (AvgIpc) is 2.98. The standard InChI is InChI=1S/C31H34N2O12S/c1-8-40-31(38)24-15(2)33(30(46)22(13-32)25(24)20-9-11-21(39-7)12-10-20)29-28(44-19(6)37)27(43-18(5)36)26(42-17(4)35)23(45-29)14-41-16(3)34/h9-12,23,26-29H,8,14H2,1-7H3/t23-,26+,27+,28+,29+/m0/s1. The smallest absolute Gasteiger partial charge is 0.340 e. The van der Waals surface area contributed by atoms with Gasteiger partial charge in [-0.25, -0.2) is 4.79 Å². The first-order valence-electron chi connectivity index (χ1n) is 14.1. The summed E-state index contributed by atoms with van der Waals surface area (Å²) < 4.78 is 39.8. The maximum absolute atomic E-state index is 13.6. The van der Waals surface area contributed by atoms with Crippen molar-refractivity contribution >= 4 is 42.1 Å². The van der Waals surface area contributed by atoms with Gasteiger partial charge in [-0.3, -0.25) is 19.2 Å². The lowest BCUT2D eigenvalue weighted by atomic mass is 9.93. The van der Waals surface area contributed by atoms with Gasteiger partial charge < -0.3 is 37.7 Å². The number of nitriles is 1. The van der Waals surface area contributed by atoms with Crippen molar-refractivity contribution in [3.8, 4) is 22.9 Å². The van der Waals surface area contributed by atoms with E-state index in [0.29, 0.717) is 11.3 Å². The number of hydrogen-bond acceptors (Lipinski definition) is 14. The molecule has 246 valence electrons. The molecule has 5 atom stereocenters. The molecule has 1 saturated heterocycles. The predicted molar refractivity (Wildman–Crippen MR) is 160 cm³/mol. The van der Waals surface area contributed by atoms with Crippen molar-refractivity contribution in [3.05, 3.63) is 45.7 Å². The first kappa shape index (κ1) is 35.7. The summed E-state index contributed by atoms with van der Waals surface area (Å²) in [5, 5.41) is 10.4. The van der Waals surface area contributed by atoms with Crippen LogP contribution >= 0.6 is 12.2 Å². The molecule has 0 radical (unpaired) electrons. The molecule has 3 rings (SSSR count). The zero-order valence-electron chi connectivity index (χ0n) is 26.3. The Morgan fingerprint density at radius 1 is 0.891 bits per heavy atom. The lowest BCUT2D eigenvalue weighted by molar-refractivity contribution is -0.269. The number of rotatable bonds is 10. The Labute approximate surface area is 270 Å². The minimum absolute atomic E-state index is 0.00308. The second-order valence-corrected chi connectivity index (χ2v) is 10.4. The van der Waals surface area contributed by atoms with Crippen LogP contribution in [0.15, 0.2) is 24.3 Å². The summed E-state index contributed by atoms with van der Waals surface area (Å²) in [7, 11) is 1.49. The lowest BCUT2D eigenvalue weighted by Crippen LogP contribution is -2.60. The van der Waals surface area contributed by atoms with Gasteiger partial charge in [0.15, 0.2) is 24.5 Å². The third-order valence-corrected chi connectivity index (χ3v) is 7.25. The molecule has 1 aliphatic heterocycles. The van der Waals surface area contributed by atoms with Crippen molar-refractivity contribution in [1.29, 1.82) is 5.26 Å². The maximum atomic E-state index is 13.6. The van der Waals surface area contributed by atoms with Gasteiger partial charge in [0, 0.05) is 39.0 Å². The third-order valence-electron chi connectivity index (χ3n) is 6.85. The van der Waals surface area contributed by atoms with Crippen LogP contribution in [-0.2, 0) is 47.6 Å². The van der Waals surface area contributed by atoms with Gasteiger partial charge in [0.2, 0.25) is 0 Å². The van der Waals surface area contributed by atoms with Gasteiger partial charge in [0.1, 0.15) is 29.2 Å². The zero-order chi connectivity index (χ0) is 34.3.